The molecule has 0 saturated heterocycles. The Balaban J connectivity index is 1.66. The minimum Gasteiger partial charge on any atom is -0.494 e. The summed E-state index contributed by atoms with van der Waals surface area (Å²) in [6, 6.07) is 15.5. The molecular weight excluding hydrogens is 401 g/mol. The Morgan fingerprint density at radius 2 is 1.77 bits per heavy atom. The average Bonchev–Trinajstić information content (AvgIpc) is 2.78. The van der Waals surface area contributed by atoms with E-state index in [1.54, 1.807) is 0 Å². The van der Waals surface area contributed by atoms with Gasteiger partial charge in [-0.25, -0.2) is 4.39 Å². The standard InChI is InChI=1S/C23H24FN3O4/c1-3-20(23(29)25-15-16-5-11-19(12-6-16)30-4-2)31-21-13-14-22(28)27(26-21)18-9-7-17(24)8-10-18/h5-14,20H,3-4,15H2,1-2H3,(H,25,29). The first-order valence-corrected chi connectivity index (χ1v) is 10.0. The molecule has 0 radical (unpaired) electrons. The summed E-state index contributed by atoms with van der Waals surface area (Å²) < 4.78 is 25.4. The van der Waals surface area contributed by atoms with Gasteiger partial charge in [0, 0.05) is 18.7 Å². The molecule has 31 heavy (non-hydrogen) atoms. The van der Waals surface area contributed by atoms with Gasteiger partial charge in [-0.05, 0) is 55.3 Å². The maximum absolute atomic E-state index is 13.2. The van der Waals surface area contributed by atoms with E-state index >= 15 is 0 Å². The molecule has 1 amide bonds. The molecule has 0 spiro atoms. The van der Waals surface area contributed by atoms with Crippen LogP contribution in [0.4, 0.5) is 4.39 Å². The van der Waals surface area contributed by atoms with Crippen molar-refractivity contribution in [2.75, 3.05) is 6.61 Å². The Bertz CT molecular complexity index is 1070. The Kier molecular flexibility index (Phi) is 7.37. The third-order valence-electron chi connectivity index (χ3n) is 4.47. The molecule has 3 rings (SSSR count). The molecule has 7 nitrogen and oxygen atoms in total. The zero-order chi connectivity index (χ0) is 22.2. The van der Waals surface area contributed by atoms with Gasteiger partial charge >= 0.3 is 0 Å². The third kappa shape index (κ3) is 5.91. The number of nitrogens with zero attached hydrogens (tertiary/aromatic N) is 2. The summed E-state index contributed by atoms with van der Waals surface area (Å²) in [5.41, 5.74) is 0.923. The second-order valence-electron chi connectivity index (χ2n) is 6.71. The molecule has 1 N–H and O–H groups in total. The van der Waals surface area contributed by atoms with Crippen molar-refractivity contribution >= 4 is 5.91 Å². The van der Waals surface area contributed by atoms with E-state index in [4.69, 9.17) is 9.47 Å². The van der Waals surface area contributed by atoms with E-state index in [0.717, 1.165) is 16.0 Å². The Morgan fingerprint density at radius 1 is 1.06 bits per heavy atom. The van der Waals surface area contributed by atoms with E-state index in [0.29, 0.717) is 25.3 Å². The molecule has 1 unspecified atom stereocenters. The fourth-order valence-corrected chi connectivity index (χ4v) is 2.87. The van der Waals surface area contributed by atoms with Crippen LogP contribution in [-0.4, -0.2) is 28.4 Å². The molecule has 1 atom stereocenters. The highest BCUT2D eigenvalue weighted by atomic mass is 19.1. The van der Waals surface area contributed by atoms with Crippen LogP contribution in [0.25, 0.3) is 5.69 Å². The molecule has 162 valence electrons. The van der Waals surface area contributed by atoms with Crippen molar-refractivity contribution in [2.45, 2.75) is 32.9 Å². The van der Waals surface area contributed by atoms with Gasteiger partial charge in [-0.2, -0.15) is 4.68 Å². The summed E-state index contributed by atoms with van der Waals surface area (Å²) in [6.45, 7) is 4.67. The summed E-state index contributed by atoms with van der Waals surface area (Å²) >= 11 is 0. The van der Waals surface area contributed by atoms with Gasteiger partial charge in [0.25, 0.3) is 11.5 Å². The van der Waals surface area contributed by atoms with Gasteiger partial charge in [-0.1, -0.05) is 19.1 Å². The van der Waals surface area contributed by atoms with Crippen LogP contribution < -0.4 is 20.3 Å². The molecular formula is C23H24FN3O4. The number of hydrogen-bond acceptors (Lipinski definition) is 5. The van der Waals surface area contributed by atoms with Crippen molar-refractivity contribution < 1.29 is 18.7 Å². The maximum Gasteiger partial charge on any atom is 0.271 e. The van der Waals surface area contributed by atoms with E-state index < -0.39 is 17.5 Å². The van der Waals surface area contributed by atoms with Crippen LogP contribution >= 0.6 is 0 Å². The number of carbonyl (C=O) groups excluding carboxylic acids is 1. The van der Waals surface area contributed by atoms with Crippen molar-refractivity contribution in [1.29, 1.82) is 0 Å². The van der Waals surface area contributed by atoms with Gasteiger partial charge in [-0.15, -0.1) is 5.10 Å². The molecule has 0 bridgehead atoms. The topological polar surface area (TPSA) is 82.5 Å². The Hall–Kier alpha value is -3.68. The van der Waals surface area contributed by atoms with Crippen molar-refractivity contribution in [3.63, 3.8) is 0 Å². The van der Waals surface area contributed by atoms with Crippen LogP contribution in [0.5, 0.6) is 11.6 Å². The molecule has 0 aliphatic rings. The second-order valence-corrected chi connectivity index (χ2v) is 6.71. The predicted octanol–water partition coefficient (Wildman–Crippen LogP) is 3.24. The number of carbonyl (C=O) groups is 1. The first-order valence-electron chi connectivity index (χ1n) is 10.0. The third-order valence-corrected chi connectivity index (χ3v) is 4.47. The molecule has 0 aliphatic heterocycles. The SMILES string of the molecule is CCOc1ccc(CNC(=O)C(CC)Oc2ccc(=O)n(-c3ccc(F)cc3)n2)cc1. The lowest BCUT2D eigenvalue weighted by molar-refractivity contribution is -0.128. The quantitative estimate of drug-likeness (QED) is 0.569. The largest absolute Gasteiger partial charge is 0.494 e. The van der Waals surface area contributed by atoms with Gasteiger partial charge < -0.3 is 14.8 Å². The normalized spacial score (nSPS) is 11.6. The van der Waals surface area contributed by atoms with Gasteiger partial charge in [0.1, 0.15) is 11.6 Å². The fraction of sp³-hybridized carbons (Fsp3) is 0.261. The lowest BCUT2D eigenvalue weighted by Crippen LogP contribution is -2.38. The van der Waals surface area contributed by atoms with Crippen LogP contribution in [0.1, 0.15) is 25.8 Å². The Morgan fingerprint density at radius 3 is 2.42 bits per heavy atom. The zero-order valence-electron chi connectivity index (χ0n) is 17.4. The summed E-state index contributed by atoms with van der Waals surface area (Å²) in [7, 11) is 0. The van der Waals surface area contributed by atoms with Crippen LogP contribution in [0.15, 0.2) is 65.5 Å². The summed E-state index contributed by atoms with van der Waals surface area (Å²) in [5, 5.41) is 7.00. The molecule has 1 aromatic heterocycles. The van der Waals surface area contributed by atoms with E-state index in [9.17, 15) is 14.0 Å². The second kappa shape index (κ2) is 10.4. The highest BCUT2D eigenvalue weighted by molar-refractivity contribution is 5.81. The van der Waals surface area contributed by atoms with E-state index in [-0.39, 0.29) is 11.8 Å². The highest BCUT2D eigenvalue weighted by Gasteiger charge is 2.19. The van der Waals surface area contributed by atoms with Gasteiger partial charge in [0.15, 0.2) is 6.10 Å². The number of nitrogens with one attached hydrogen (secondary N) is 1. The number of rotatable bonds is 9. The molecule has 3 aromatic rings. The first kappa shape index (κ1) is 22.0. The van der Waals surface area contributed by atoms with Crippen molar-refractivity contribution in [2.24, 2.45) is 0 Å². The van der Waals surface area contributed by atoms with Crippen LogP contribution in [0.2, 0.25) is 0 Å². The molecule has 2 aromatic carbocycles. The summed E-state index contributed by atoms with van der Waals surface area (Å²) in [4.78, 5) is 24.7. The molecule has 0 fully saturated rings. The lowest BCUT2D eigenvalue weighted by atomic mass is 10.2. The van der Waals surface area contributed by atoms with Gasteiger partial charge in [0.2, 0.25) is 5.88 Å². The first-order chi connectivity index (χ1) is 15.0. The fourth-order valence-electron chi connectivity index (χ4n) is 2.87. The zero-order valence-corrected chi connectivity index (χ0v) is 17.4. The van der Waals surface area contributed by atoms with E-state index in [1.807, 2.05) is 38.1 Å². The van der Waals surface area contributed by atoms with Crippen molar-refractivity contribution in [3.05, 3.63) is 82.4 Å². The molecule has 8 heteroatoms. The molecule has 0 saturated carbocycles. The average molecular weight is 425 g/mol. The minimum atomic E-state index is -0.783. The molecule has 1 heterocycles. The summed E-state index contributed by atoms with van der Waals surface area (Å²) in [5.74, 6) is 0.179. The number of ether oxygens (including phenoxy) is 2. The smallest absolute Gasteiger partial charge is 0.271 e. The number of benzene rings is 2. The lowest BCUT2D eigenvalue weighted by Gasteiger charge is -2.17. The Labute approximate surface area is 179 Å². The van der Waals surface area contributed by atoms with Crippen molar-refractivity contribution in [1.82, 2.24) is 15.1 Å². The number of halogens is 1. The minimum absolute atomic E-state index is 0.118. The van der Waals surface area contributed by atoms with Gasteiger partial charge in [-0.3, -0.25) is 9.59 Å². The van der Waals surface area contributed by atoms with Crippen LogP contribution in [-0.2, 0) is 11.3 Å². The predicted molar refractivity (Wildman–Crippen MR) is 114 cm³/mol. The van der Waals surface area contributed by atoms with Crippen LogP contribution in [0, 0.1) is 5.82 Å². The number of hydrogen-bond donors (Lipinski definition) is 1. The molecule has 0 aliphatic carbocycles. The number of aromatic nitrogens is 2. The van der Waals surface area contributed by atoms with Crippen molar-refractivity contribution in [3.8, 4) is 17.3 Å². The maximum atomic E-state index is 13.2. The van der Waals surface area contributed by atoms with E-state index in [2.05, 4.69) is 10.4 Å². The number of amides is 1. The highest BCUT2D eigenvalue weighted by Crippen LogP contribution is 2.13. The van der Waals surface area contributed by atoms with Crippen LogP contribution in [0.3, 0.4) is 0 Å². The summed E-state index contributed by atoms with van der Waals surface area (Å²) in [6.07, 6.45) is -0.374. The van der Waals surface area contributed by atoms with E-state index in [1.165, 1.54) is 36.4 Å². The monoisotopic (exact) mass is 425 g/mol. The van der Waals surface area contributed by atoms with Gasteiger partial charge in [0.05, 0.1) is 12.3 Å².